The normalized spacial score (nSPS) is 10.3. The molecule has 27 heavy (non-hydrogen) atoms. The number of benzene rings is 3. The third kappa shape index (κ3) is 5.83. The van der Waals surface area contributed by atoms with Crippen LogP contribution in [0.1, 0.15) is 5.56 Å². The fourth-order valence-electron chi connectivity index (χ4n) is 2.56. The Kier molecular flexibility index (Phi) is 6.83. The standard InChI is InChI=1S/C22H22ClNO3/c1-25-22-11-10-18(15-21(22)23)24-16-17-6-5-9-20(14-17)27-13-12-26-19-7-3-2-4-8-19/h2-11,14-15,24H,12-13,16H2,1H3. The van der Waals surface area contributed by atoms with Crippen LogP contribution in [-0.2, 0) is 6.54 Å². The van der Waals surface area contributed by atoms with E-state index in [-0.39, 0.29) is 0 Å². The molecule has 4 nitrogen and oxygen atoms in total. The van der Waals surface area contributed by atoms with Crippen molar-refractivity contribution in [2.24, 2.45) is 0 Å². The van der Waals surface area contributed by atoms with Crippen molar-refractivity contribution in [2.75, 3.05) is 25.6 Å². The molecule has 0 unspecified atom stereocenters. The van der Waals surface area contributed by atoms with Crippen molar-refractivity contribution in [3.05, 3.63) is 83.4 Å². The Morgan fingerprint density at radius 1 is 0.815 bits per heavy atom. The highest BCUT2D eigenvalue weighted by atomic mass is 35.5. The monoisotopic (exact) mass is 383 g/mol. The maximum Gasteiger partial charge on any atom is 0.137 e. The molecule has 0 heterocycles. The molecular weight excluding hydrogens is 362 g/mol. The van der Waals surface area contributed by atoms with Gasteiger partial charge in [-0.15, -0.1) is 0 Å². The van der Waals surface area contributed by atoms with E-state index in [1.807, 2.05) is 72.8 Å². The first-order valence-corrected chi connectivity index (χ1v) is 9.09. The first-order valence-electron chi connectivity index (χ1n) is 8.71. The summed E-state index contributed by atoms with van der Waals surface area (Å²) in [6.07, 6.45) is 0. The van der Waals surface area contributed by atoms with Crippen LogP contribution in [0.25, 0.3) is 0 Å². The van der Waals surface area contributed by atoms with Gasteiger partial charge in [-0.2, -0.15) is 0 Å². The topological polar surface area (TPSA) is 39.7 Å². The Labute approximate surface area is 164 Å². The maximum absolute atomic E-state index is 6.15. The van der Waals surface area contributed by atoms with Crippen LogP contribution in [0.4, 0.5) is 5.69 Å². The van der Waals surface area contributed by atoms with E-state index in [1.165, 1.54) is 0 Å². The Balaban J connectivity index is 1.47. The van der Waals surface area contributed by atoms with Gasteiger partial charge in [0.05, 0.1) is 12.1 Å². The molecule has 3 aromatic carbocycles. The third-order valence-corrected chi connectivity index (χ3v) is 4.21. The van der Waals surface area contributed by atoms with E-state index in [4.69, 9.17) is 25.8 Å². The summed E-state index contributed by atoms with van der Waals surface area (Å²) in [4.78, 5) is 0. The van der Waals surface area contributed by atoms with E-state index in [0.717, 1.165) is 22.7 Å². The van der Waals surface area contributed by atoms with Crippen LogP contribution in [-0.4, -0.2) is 20.3 Å². The predicted octanol–water partition coefficient (Wildman–Crippen LogP) is 5.42. The highest BCUT2D eigenvalue weighted by Crippen LogP contribution is 2.27. The van der Waals surface area contributed by atoms with Gasteiger partial charge in [0, 0.05) is 12.2 Å². The molecule has 0 atom stereocenters. The predicted molar refractivity (Wildman–Crippen MR) is 109 cm³/mol. The zero-order chi connectivity index (χ0) is 18.9. The van der Waals surface area contributed by atoms with Crippen LogP contribution in [0, 0.1) is 0 Å². The Hall–Kier alpha value is -2.85. The van der Waals surface area contributed by atoms with E-state index in [1.54, 1.807) is 7.11 Å². The first kappa shape index (κ1) is 18.9. The fraction of sp³-hybridized carbons (Fsp3) is 0.182. The second kappa shape index (κ2) is 9.74. The van der Waals surface area contributed by atoms with E-state index >= 15 is 0 Å². The lowest BCUT2D eigenvalue weighted by molar-refractivity contribution is 0.217. The zero-order valence-corrected chi connectivity index (χ0v) is 15.9. The molecule has 0 radical (unpaired) electrons. The van der Waals surface area contributed by atoms with Crippen LogP contribution < -0.4 is 19.5 Å². The minimum Gasteiger partial charge on any atom is -0.495 e. The number of halogens is 1. The van der Waals surface area contributed by atoms with Gasteiger partial charge in [-0.05, 0) is 48.0 Å². The van der Waals surface area contributed by atoms with E-state index in [2.05, 4.69) is 5.32 Å². The van der Waals surface area contributed by atoms with Crippen LogP contribution in [0.3, 0.4) is 0 Å². The third-order valence-electron chi connectivity index (χ3n) is 3.91. The molecule has 3 rings (SSSR count). The van der Waals surface area contributed by atoms with Gasteiger partial charge in [0.1, 0.15) is 30.5 Å². The van der Waals surface area contributed by atoms with Crippen LogP contribution in [0.5, 0.6) is 17.2 Å². The lowest BCUT2D eigenvalue weighted by Gasteiger charge is -2.11. The number of hydrogen-bond acceptors (Lipinski definition) is 4. The summed E-state index contributed by atoms with van der Waals surface area (Å²) in [6.45, 7) is 1.65. The van der Waals surface area contributed by atoms with E-state index < -0.39 is 0 Å². The molecule has 1 N–H and O–H groups in total. The smallest absolute Gasteiger partial charge is 0.137 e. The van der Waals surface area contributed by atoms with Crippen molar-refractivity contribution < 1.29 is 14.2 Å². The molecule has 0 saturated heterocycles. The summed E-state index contributed by atoms with van der Waals surface area (Å²) < 4.78 is 16.6. The molecule has 3 aromatic rings. The summed E-state index contributed by atoms with van der Waals surface area (Å²) in [5.74, 6) is 2.33. The number of ether oxygens (including phenoxy) is 3. The average Bonchev–Trinajstić information content (AvgIpc) is 2.71. The SMILES string of the molecule is COc1ccc(NCc2cccc(OCCOc3ccccc3)c2)cc1Cl. The second-order valence-electron chi connectivity index (χ2n) is 5.86. The Morgan fingerprint density at radius 2 is 1.56 bits per heavy atom. The average molecular weight is 384 g/mol. The number of anilines is 1. The molecule has 0 spiro atoms. The quantitative estimate of drug-likeness (QED) is 0.501. The van der Waals surface area contributed by atoms with Gasteiger partial charge in [0.2, 0.25) is 0 Å². The van der Waals surface area contributed by atoms with E-state index in [0.29, 0.717) is 30.5 Å². The summed E-state index contributed by atoms with van der Waals surface area (Å²) in [5.41, 5.74) is 2.05. The van der Waals surface area contributed by atoms with Crippen molar-refractivity contribution in [3.63, 3.8) is 0 Å². The second-order valence-corrected chi connectivity index (χ2v) is 6.27. The van der Waals surface area contributed by atoms with Gasteiger partial charge < -0.3 is 19.5 Å². The summed E-state index contributed by atoms with van der Waals surface area (Å²) >= 11 is 6.15. The summed E-state index contributed by atoms with van der Waals surface area (Å²) in [5, 5.41) is 3.93. The largest absolute Gasteiger partial charge is 0.495 e. The number of para-hydroxylation sites is 1. The zero-order valence-electron chi connectivity index (χ0n) is 15.2. The molecule has 0 amide bonds. The molecule has 0 aliphatic rings. The molecule has 0 aliphatic heterocycles. The molecule has 0 fully saturated rings. The molecule has 0 saturated carbocycles. The number of rotatable bonds is 9. The minimum absolute atomic E-state index is 0.486. The number of hydrogen-bond donors (Lipinski definition) is 1. The van der Waals surface area contributed by atoms with Crippen LogP contribution in [0.15, 0.2) is 72.8 Å². The Morgan fingerprint density at radius 3 is 2.30 bits per heavy atom. The van der Waals surface area contributed by atoms with E-state index in [9.17, 15) is 0 Å². The van der Waals surface area contributed by atoms with Gasteiger partial charge in [0.15, 0.2) is 0 Å². The van der Waals surface area contributed by atoms with Crippen LogP contribution >= 0.6 is 11.6 Å². The van der Waals surface area contributed by atoms with Gasteiger partial charge in [-0.1, -0.05) is 41.9 Å². The fourth-order valence-corrected chi connectivity index (χ4v) is 2.82. The van der Waals surface area contributed by atoms with Crippen molar-refractivity contribution >= 4 is 17.3 Å². The highest BCUT2D eigenvalue weighted by Gasteiger charge is 2.03. The van der Waals surface area contributed by atoms with Crippen molar-refractivity contribution in [3.8, 4) is 17.2 Å². The lowest BCUT2D eigenvalue weighted by Crippen LogP contribution is -2.09. The number of nitrogens with one attached hydrogen (secondary N) is 1. The van der Waals surface area contributed by atoms with Crippen molar-refractivity contribution in [1.29, 1.82) is 0 Å². The molecule has 5 heteroatoms. The maximum atomic E-state index is 6.15. The molecule has 140 valence electrons. The lowest BCUT2D eigenvalue weighted by atomic mass is 10.2. The summed E-state index contributed by atoms with van der Waals surface area (Å²) in [6, 6.07) is 23.3. The first-order chi connectivity index (χ1) is 13.2. The molecular formula is C22H22ClNO3. The summed E-state index contributed by atoms with van der Waals surface area (Å²) in [7, 11) is 1.60. The van der Waals surface area contributed by atoms with Gasteiger partial charge in [-0.3, -0.25) is 0 Å². The van der Waals surface area contributed by atoms with Gasteiger partial charge >= 0.3 is 0 Å². The molecule has 0 aliphatic carbocycles. The Bertz CT molecular complexity index is 855. The van der Waals surface area contributed by atoms with Crippen molar-refractivity contribution in [2.45, 2.75) is 6.54 Å². The van der Waals surface area contributed by atoms with Gasteiger partial charge in [0.25, 0.3) is 0 Å². The number of methoxy groups -OCH3 is 1. The van der Waals surface area contributed by atoms with Crippen molar-refractivity contribution in [1.82, 2.24) is 0 Å². The van der Waals surface area contributed by atoms with Gasteiger partial charge in [-0.25, -0.2) is 0 Å². The highest BCUT2D eigenvalue weighted by molar-refractivity contribution is 6.32. The molecule has 0 aromatic heterocycles. The molecule has 0 bridgehead atoms. The van der Waals surface area contributed by atoms with Crippen LogP contribution in [0.2, 0.25) is 5.02 Å². The minimum atomic E-state index is 0.486.